The number of ether oxygens (including phenoxy) is 1. The van der Waals surface area contributed by atoms with E-state index in [1.165, 1.54) is 12.4 Å². The molecule has 3 aliphatic rings. The minimum Gasteiger partial charge on any atom is -0.474 e. The lowest BCUT2D eigenvalue weighted by molar-refractivity contribution is -0.0269. The van der Waals surface area contributed by atoms with Crippen LogP contribution in [0.5, 0.6) is 5.88 Å². The summed E-state index contributed by atoms with van der Waals surface area (Å²) < 4.78 is 5.89. The molecule has 0 unspecified atom stereocenters. The van der Waals surface area contributed by atoms with Gasteiger partial charge in [0.15, 0.2) is 0 Å². The van der Waals surface area contributed by atoms with E-state index >= 15 is 0 Å². The monoisotopic (exact) mass is 561 g/mol. The molecule has 1 aliphatic carbocycles. The lowest BCUT2D eigenvalue weighted by Crippen LogP contribution is -2.41. The minimum absolute atomic E-state index is 0.0331. The van der Waals surface area contributed by atoms with Crippen LogP contribution >= 0.6 is 23.2 Å². The molecule has 11 nitrogen and oxygen atoms in total. The summed E-state index contributed by atoms with van der Waals surface area (Å²) in [4.78, 5) is 23.2. The lowest BCUT2D eigenvalue weighted by atomic mass is 9.93. The number of aliphatic hydroxyl groups excluding tert-OH is 1. The number of hydrogen-bond acceptors (Lipinski definition) is 10. The van der Waals surface area contributed by atoms with Crippen molar-refractivity contribution in [3.05, 3.63) is 64.3 Å². The molecule has 4 N–H and O–H groups in total. The van der Waals surface area contributed by atoms with Crippen molar-refractivity contribution in [3.8, 4) is 5.88 Å². The number of aromatic nitrogens is 2. The molecular weight excluding hydrogens is 533 g/mol. The molecule has 13 heteroatoms. The molecule has 1 saturated heterocycles. The normalized spacial score (nSPS) is 18.5. The Morgan fingerprint density at radius 3 is 2.50 bits per heavy atom. The average molecular weight is 562 g/mol. The SMILES string of the molecule is NC(=O)c1cnc(N(c2c(Cl)cccc2Cl)N2C=CN(O)C(C3CCN(CCO)CC3)=C2)nc1OC1CC1. The molecule has 2 aliphatic heterocycles. The van der Waals surface area contributed by atoms with Gasteiger partial charge in [0.25, 0.3) is 11.9 Å². The van der Waals surface area contributed by atoms with E-state index in [0.29, 0.717) is 28.0 Å². The molecular formula is C25H29Cl2N7O4. The van der Waals surface area contributed by atoms with Gasteiger partial charge in [-0.1, -0.05) is 29.3 Å². The Balaban J connectivity index is 1.54. The van der Waals surface area contributed by atoms with Gasteiger partial charge < -0.3 is 20.5 Å². The van der Waals surface area contributed by atoms with Gasteiger partial charge in [-0.15, -0.1) is 0 Å². The van der Waals surface area contributed by atoms with Crippen molar-refractivity contribution in [2.24, 2.45) is 11.7 Å². The fourth-order valence-corrected chi connectivity index (χ4v) is 5.10. The number of hydrazine groups is 1. The van der Waals surface area contributed by atoms with E-state index in [1.54, 1.807) is 40.6 Å². The number of carbonyl (C=O) groups excluding carboxylic acids is 1. The van der Waals surface area contributed by atoms with Crippen molar-refractivity contribution in [1.82, 2.24) is 24.9 Å². The lowest BCUT2D eigenvalue weighted by Gasteiger charge is -2.39. The number of amides is 1. The molecule has 5 rings (SSSR count). The highest BCUT2D eigenvalue weighted by Crippen LogP contribution is 2.40. The van der Waals surface area contributed by atoms with Crippen LogP contribution in [0.2, 0.25) is 10.0 Å². The third-order valence-electron chi connectivity index (χ3n) is 6.69. The Hall–Kier alpha value is -3.09. The summed E-state index contributed by atoms with van der Waals surface area (Å²) in [5, 5.41) is 25.1. The van der Waals surface area contributed by atoms with Gasteiger partial charge in [-0.25, -0.2) is 15.1 Å². The van der Waals surface area contributed by atoms with Crippen molar-refractivity contribution in [2.45, 2.75) is 31.8 Å². The summed E-state index contributed by atoms with van der Waals surface area (Å²) in [6.45, 7) is 2.35. The second kappa shape index (κ2) is 11.3. The van der Waals surface area contributed by atoms with E-state index < -0.39 is 5.91 Å². The molecule has 1 amide bonds. The number of primary amides is 1. The van der Waals surface area contributed by atoms with Gasteiger partial charge in [-0.3, -0.25) is 15.0 Å². The van der Waals surface area contributed by atoms with E-state index in [1.807, 2.05) is 0 Å². The van der Waals surface area contributed by atoms with Crippen LogP contribution in [0.4, 0.5) is 11.6 Å². The summed E-state index contributed by atoms with van der Waals surface area (Å²) in [5.41, 5.74) is 6.70. The molecule has 1 aromatic heterocycles. The molecule has 38 heavy (non-hydrogen) atoms. The molecule has 0 bridgehead atoms. The maximum absolute atomic E-state index is 12.0. The highest BCUT2D eigenvalue weighted by Gasteiger charge is 2.32. The zero-order chi connectivity index (χ0) is 26.8. The highest BCUT2D eigenvalue weighted by molar-refractivity contribution is 6.39. The maximum atomic E-state index is 12.0. The number of anilines is 2. The topological polar surface area (TPSA) is 132 Å². The number of hydroxylamine groups is 2. The molecule has 2 fully saturated rings. The molecule has 0 radical (unpaired) electrons. The summed E-state index contributed by atoms with van der Waals surface area (Å²) in [5.74, 6) is -0.399. The van der Waals surface area contributed by atoms with Gasteiger partial charge in [-0.05, 0) is 50.9 Å². The zero-order valence-corrected chi connectivity index (χ0v) is 22.1. The van der Waals surface area contributed by atoms with Crippen molar-refractivity contribution in [1.29, 1.82) is 0 Å². The van der Waals surface area contributed by atoms with Gasteiger partial charge in [0, 0.05) is 31.1 Å². The Bertz CT molecular complexity index is 1230. The predicted octanol–water partition coefficient (Wildman–Crippen LogP) is 3.50. The first-order valence-corrected chi connectivity index (χ1v) is 13.2. The van der Waals surface area contributed by atoms with Crippen LogP contribution in [0, 0.1) is 5.92 Å². The number of likely N-dealkylation sites (tertiary alicyclic amines) is 1. The molecule has 3 heterocycles. The van der Waals surface area contributed by atoms with Crippen molar-refractivity contribution in [2.75, 3.05) is 31.3 Å². The summed E-state index contributed by atoms with van der Waals surface area (Å²) in [7, 11) is 0. The Morgan fingerprint density at radius 1 is 1.16 bits per heavy atom. The van der Waals surface area contributed by atoms with Gasteiger partial charge in [0.05, 0.1) is 28.5 Å². The van der Waals surface area contributed by atoms with Crippen molar-refractivity contribution < 1.29 is 19.8 Å². The predicted molar refractivity (Wildman–Crippen MR) is 142 cm³/mol. The van der Waals surface area contributed by atoms with E-state index in [9.17, 15) is 15.1 Å². The number of β-amino-alcohol motifs (C(OH)–C–C–N with tert-alkyl or cyclic N) is 1. The van der Waals surface area contributed by atoms with Crippen LogP contribution in [0.25, 0.3) is 0 Å². The largest absolute Gasteiger partial charge is 0.474 e. The summed E-state index contributed by atoms with van der Waals surface area (Å²) in [6, 6.07) is 5.12. The fourth-order valence-electron chi connectivity index (χ4n) is 4.54. The zero-order valence-electron chi connectivity index (χ0n) is 20.6. The Labute approximate surface area is 230 Å². The summed E-state index contributed by atoms with van der Waals surface area (Å²) >= 11 is 13.2. The van der Waals surface area contributed by atoms with Crippen LogP contribution in [-0.4, -0.2) is 73.5 Å². The Morgan fingerprint density at radius 2 is 1.87 bits per heavy atom. The van der Waals surface area contributed by atoms with Crippen molar-refractivity contribution >= 4 is 40.7 Å². The van der Waals surface area contributed by atoms with Crippen LogP contribution in [0.3, 0.4) is 0 Å². The number of carbonyl (C=O) groups is 1. The first-order chi connectivity index (χ1) is 18.4. The van der Waals surface area contributed by atoms with Gasteiger partial charge in [0.2, 0.25) is 5.88 Å². The van der Waals surface area contributed by atoms with Crippen LogP contribution in [-0.2, 0) is 0 Å². The number of hydrogen-bond donors (Lipinski definition) is 3. The second-order valence-electron chi connectivity index (χ2n) is 9.37. The number of para-hydroxylation sites is 1. The molecule has 2 aromatic rings. The molecule has 0 spiro atoms. The number of nitrogens with zero attached hydrogens (tertiary/aromatic N) is 6. The molecule has 1 saturated carbocycles. The van der Waals surface area contributed by atoms with Gasteiger partial charge in [0.1, 0.15) is 17.4 Å². The van der Waals surface area contributed by atoms with Crippen LogP contribution in [0.15, 0.2) is 48.7 Å². The average Bonchev–Trinajstić information content (AvgIpc) is 3.71. The smallest absolute Gasteiger partial charge is 0.255 e. The molecule has 0 atom stereocenters. The number of piperidine rings is 1. The van der Waals surface area contributed by atoms with Crippen molar-refractivity contribution in [3.63, 3.8) is 0 Å². The number of aliphatic hydroxyl groups is 1. The molecule has 1 aromatic carbocycles. The molecule has 202 valence electrons. The number of halogens is 2. The maximum Gasteiger partial charge on any atom is 0.255 e. The highest BCUT2D eigenvalue weighted by atomic mass is 35.5. The third-order valence-corrected chi connectivity index (χ3v) is 7.30. The minimum atomic E-state index is -0.696. The number of allylic oxidation sites excluding steroid dienone is 1. The van der Waals surface area contributed by atoms with E-state index in [4.69, 9.17) is 33.7 Å². The van der Waals surface area contributed by atoms with E-state index in [2.05, 4.69) is 14.9 Å². The standard InChI is InChI=1S/C25H29Cl2N7O4/c26-19-2-1-3-20(27)22(19)34(25-29-14-18(23(28)36)24(30-25)38-17-4-5-17)32-10-11-33(37)21(15-32)16-6-8-31(9-7-16)12-13-35/h1-3,10-11,14-17,35,37H,4-9,12-13H2,(H2,28,36). The van der Waals surface area contributed by atoms with E-state index in [0.717, 1.165) is 43.8 Å². The first-order valence-electron chi connectivity index (χ1n) is 12.4. The number of rotatable bonds is 9. The first kappa shape index (κ1) is 26.5. The van der Waals surface area contributed by atoms with E-state index in [-0.39, 0.29) is 36.0 Å². The third kappa shape index (κ3) is 5.67. The van der Waals surface area contributed by atoms with Crippen LogP contribution < -0.4 is 15.5 Å². The fraction of sp³-hybridized carbons (Fsp3) is 0.400. The second-order valence-corrected chi connectivity index (χ2v) is 10.2. The summed E-state index contributed by atoms with van der Waals surface area (Å²) in [6.07, 6.45) is 9.55. The Kier molecular flexibility index (Phi) is 7.91. The van der Waals surface area contributed by atoms with Gasteiger partial charge >= 0.3 is 0 Å². The van der Waals surface area contributed by atoms with Crippen LogP contribution in [0.1, 0.15) is 36.0 Å². The van der Waals surface area contributed by atoms with Gasteiger partial charge in [-0.2, -0.15) is 4.98 Å². The quantitative estimate of drug-likeness (QED) is 0.417. The number of nitrogens with two attached hydrogens (primary N) is 1. The number of benzene rings is 1.